The van der Waals surface area contributed by atoms with E-state index in [4.69, 9.17) is 0 Å². The number of carbonyl (C=O) groups is 1. The van der Waals surface area contributed by atoms with Gasteiger partial charge in [-0.2, -0.15) is 5.10 Å². The van der Waals surface area contributed by atoms with Gasteiger partial charge in [0.2, 0.25) is 0 Å². The van der Waals surface area contributed by atoms with Crippen molar-refractivity contribution in [2.24, 2.45) is 7.05 Å². The topological polar surface area (TPSA) is 50.2 Å². The Morgan fingerprint density at radius 1 is 1.21 bits per heavy atom. The minimum atomic E-state index is -0.0688. The smallest absolute Gasteiger partial charge is 0.269 e. The van der Waals surface area contributed by atoms with Gasteiger partial charge in [-0.05, 0) is 49.5 Å². The molecule has 0 unspecified atom stereocenters. The molecule has 2 aromatic rings. The molecule has 2 heterocycles. The van der Waals surface area contributed by atoms with Crippen molar-refractivity contribution < 1.29 is 4.79 Å². The number of nitrogens with one attached hydrogen (secondary N) is 1. The van der Waals surface area contributed by atoms with Crippen LogP contribution in [0.15, 0.2) is 30.3 Å². The van der Waals surface area contributed by atoms with Crippen molar-refractivity contribution in [2.45, 2.75) is 39.3 Å². The Morgan fingerprint density at radius 3 is 2.58 bits per heavy atom. The molecule has 1 amide bonds. The fraction of sp³-hybridized carbons (Fsp3) is 0.474. The molecule has 0 saturated carbocycles. The Morgan fingerprint density at radius 2 is 1.92 bits per heavy atom. The van der Waals surface area contributed by atoms with Crippen molar-refractivity contribution in [3.05, 3.63) is 52.8 Å². The van der Waals surface area contributed by atoms with E-state index in [0.717, 1.165) is 18.7 Å². The summed E-state index contributed by atoms with van der Waals surface area (Å²) >= 11 is 0. The number of likely N-dealkylation sites (tertiary alicyclic amines) is 1. The Labute approximate surface area is 143 Å². The molecule has 3 rings (SSSR count). The molecule has 0 aliphatic carbocycles. The molecule has 1 aliphatic heterocycles. The maximum Gasteiger partial charge on any atom is 0.269 e. The second kappa shape index (κ2) is 7.62. The van der Waals surface area contributed by atoms with E-state index in [1.165, 1.54) is 37.1 Å². The summed E-state index contributed by atoms with van der Waals surface area (Å²) in [5, 5.41) is 7.38. The van der Waals surface area contributed by atoms with E-state index in [1.54, 1.807) is 4.68 Å². The lowest BCUT2D eigenvalue weighted by Gasteiger charge is -2.17. The molecule has 1 aromatic heterocycles. The summed E-state index contributed by atoms with van der Waals surface area (Å²) in [7, 11) is 1.81. The van der Waals surface area contributed by atoms with Crippen LogP contribution in [0.3, 0.4) is 0 Å². The summed E-state index contributed by atoms with van der Waals surface area (Å²) in [6.07, 6.45) is 3.41. The zero-order valence-corrected chi connectivity index (χ0v) is 14.6. The van der Waals surface area contributed by atoms with Gasteiger partial charge in [-0.1, -0.05) is 31.2 Å². The van der Waals surface area contributed by atoms with Crippen molar-refractivity contribution in [1.29, 1.82) is 0 Å². The molecule has 24 heavy (non-hydrogen) atoms. The number of hydrogen-bond acceptors (Lipinski definition) is 3. The van der Waals surface area contributed by atoms with Crippen LogP contribution in [0.25, 0.3) is 0 Å². The van der Waals surface area contributed by atoms with Crippen LogP contribution in [-0.4, -0.2) is 33.7 Å². The van der Waals surface area contributed by atoms with Gasteiger partial charge in [-0.25, -0.2) is 0 Å². The van der Waals surface area contributed by atoms with Crippen LogP contribution in [-0.2, 0) is 26.6 Å². The molecule has 1 saturated heterocycles. The molecule has 5 heteroatoms. The highest BCUT2D eigenvalue weighted by Gasteiger charge is 2.15. The number of rotatable bonds is 6. The summed E-state index contributed by atoms with van der Waals surface area (Å²) in [6, 6.07) is 10.2. The molecule has 1 fully saturated rings. The van der Waals surface area contributed by atoms with Crippen LogP contribution >= 0.6 is 0 Å². The van der Waals surface area contributed by atoms with Crippen molar-refractivity contribution in [3.8, 4) is 0 Å². The second-order valence-corrected chi connectivity index (χ2v) is 6.43. The fourth-order valence-electron chi connectivity index (χ4n) is 3.24. The Balaban J connectivity index is 1.65. The molecular weight excluding hydrogens is 300 g/mol. The highest BCUT2D eigenvalue weighted by Crippen LogP contribution is 2.16. The van der Waals surface area contributed by atoms with E-state index in [-0.39, 0.29) is 5.91 Å². The van der Waals surface area contributed by atoms with Crippen LogP contribution < -0.4 is 5.32 Å². The van der Waals surface area contributed by atoms with Crippen LogP contribution in [0.4, 0.5) is 0 Å². The van der Waals surface area contributed by atoms with Gasteiger partial charge in [0.15, 0.2) is 0 Å². The van der Waals surface area contributed by atoms with Gasteiger partial charge in [0.1, 0.15) is 5.69 Å². The molecule has 1 aliphatic rings. The molecule has 0 spiro atoms. The lowest BCUT2D eigenvalue weighted by molar-refractivity contribution is 0.0941. The van der Waals surface area contributed by atoms with Crippen molar-refractivity contribution in [2.75, 3.05) is 13.1 Å². The number of hydrogen-bond donors (Lipinski definition) is 1. The molecule has 0 bridgehead atoms. The fourth-order valence-corrected chi connectivity index (χ4v) is 3.24. The molecule has 5 nitrogen and oxygen atoms in total. The maximum atomic E-state index is 12.4. The van der Waals surface area contributed by atoms with Crippen molar-refractivity contribution >= 4 is 5.91 Å². The summed E-state index contributed by atoms with van der Waals surface area (Å²) in [5.74, 6) is -0.0688. The predicted molar refractivity (Wildman–Crippen MR) is 94.7 cm³/mol. The van der Waals surface area contributed by atoms with Crippen molar-refractivity contribution in [1.82, 2.24) is 20.0 Å². The molecular formula is C19H26N4O. The zero-order chi connectivity index (χ0) is 16.9. The summed E-state index contributed by atoms with van der Waals surface area (Å²) in [6.45, 7) is 5.91. The van der Waals surface area contributed by atoms with Crippen molar-refractivity contribution in [3.63, 3.8) is 0 Å². The van der Waals surface area contributed by atoms with Crippen LogP contribution in [0.2, 0.25) is 0 Å². The van der Waals surface area contributed by atoms with Gasteiger partial charge in [-0.3, -0.25) is 14.4 Å². The minimum absolute atomic E-state index is 0.0688. The standard InChI is InChI=1S/C19H26N4O/c1-3-17-12-18(22(2)21-17)19(24)20-13-15-8-4-5-9-16(15)14-23-10-6-7-11-23/h4-5,8-9,12H,3,6-7,10-11,13-14H2,1-2H3,(H,20,24). The van der Waals surface area contributed by atoms with Gasteiger partial charge in [0.05, 0.1) is 5.69 Å². The number of carbonyl (C=O) groups excluding carboxylic acids is 1. The van der Waals surface area contributed by atoms with E-state index >= 15 is 0 Å². The van der Waals surface area contributed by atoms with E-state index in [1.807, 2.05) is 26.1 Å². The maximum absolute atomic E-state index is 12.4. The molecule has 128 valence electrons. The van der Waals surface area contributed by atoms with E-state index in [2.05, 4.69) is 33.5 Å². The summed E-state index contributed by atoms with van der Waals surface area (Å²) in [4.78, 5) is 14.9. The van der Waals surface area contributed by atoms with Crippen LogP contribution in [0, 0.1) is 0 Å². The number of benzene rings is 1. The number of aryl methyl sites for hydroxylation is 2. The summed E-state index contributed by atoms with van der Waals surface area (Å²) in [5.41, 5.74) is 4.05. The SMILES string of the molecule is CCc1cc(C(=O)NCc2ccccc2CN2CCCC2)n(C)n1. The quantitative estimate of drug-likeness (QED) is 0.887. The van der Waals surface area contributed by atoms with Gasteiger partial charge in [0, 0.05) is 20.1 Å². The molecule has 1 N–H and O–H groups in total. The zero-order valence-electron chi connectivity index (χ0n) is 14.6. The number of nitrogens with zero attached hydrogens (tertiary/aromatic N) is 3. The normalized spacial score (nSPS) is 14.9. The largest absolute Gasteiger partial charge is 0.347 e. The lowest BCUT2D eigenvalue weighted by Crippen LogP contribution is -2.26. The first kappa shape index (κ1) is 16.7. The van der Waals surface area contributed by atoms with E-state index < -0.39 is 0 Å². The molecule has 1 aromatic carbocycles. The third kappa shape index (κ3) is 3.85. The van der Waals surface area contributed by atoms with E-state index in [9.17, 15) is 4.79 Å². The van der Waals surface area contributed by atoms with E-state index in [0.29, 0.717) is 12.2 Å². The van der Waals surface area contributed by atoms with Gasteiger partial charge in [0.25, 0.3) is 5.91 Å². The lowest BCUT2D eigenvalue weighted by atomic mass is 10.1. The average molecular weight is 326 g/mol. The Hall–Kier alpha value is -2.14. The first-order valence-electron chi connectivity index (χ1n) is 8.77. The highest BCUT2D eigenvalue weighted by molar-refractivity contribution is 5.92. The minimum Gasteiger partial charge on any atom is -0.347 e. The molecule has 0 atom stereocenters. The molecule has 0 radical (unpaired) electrons. The first-order chi connectivity index (χ1) is 11.7. The van der Waals surface area contributed by atoms with Gasteiger partial charge in [-0.15, -0.1) is 0 Å². The highest BCUT2D eigenvalue weighted by atomic mass is 16.2. The Kier molecular flexibility index (Phi) is 5.30. The van der Waals surface area contributed by atoms with Gasteiger partial charge >= 0.3 is 0 Å². The second-order valence-electron chi connectivity index (χ2n) is 6.43. The third-order valence-electron chi connectivity index (χ3n) is 4.68. The van der Waals surface area contributed by atoms with Gasteiger partial charge < -0.3 is 5.32 Å². The monoisotopic (exact) mass is 326 g/mol. The van der Waals surface area contributed by atoms with Crippen LogP contribution in [0.1, 0.15) is 47.1 Å². The number of amides is 1. The average Bonchev–Trinajstić information content (AvgIpc) is 3.23. The third-order valence-corrected chi connectivity index (χ3v) is 4.68. The first-order valence-corrected chi connectivity index (χ1v) is 8.77. The Bertz CT molecular complexity index is 701. The summed E-state index contributed by atoms with van der Waals surface area (Å²) < 4.78 is 1.66. The predicted octanol–water partition coefficient (Wildman–Crippen LogP) is 2.51. The number of aromatic nitrogens is 2. The van der Waals surface area contributed by atoms with Crippen LogP contribution in [0.5, 0.6) is 0 Å².